The third-order valence-electron chi connectivity index (χ3n) is 3.08. The molecule has 1 saturated heterocycles. The highest BCUT2D eigenvalue weighted by Gasteiger charge is 2.51. The fourth-order valence-corrected chi connectivity index (χ4v) is 2.18. The summed E-state index contributed by atoms with van der Waals surface area (Å²) in [5.74, 6) is 0.719. The zero-order valence-electron chi connectivity index (χ0n) is 8.75. The fourth-order valence-electron chi connectivity index (χ4n) is 2.18. The summed E-state index contributed by atoms with van der Waals surface area (Å²) in [6.07, 6.45) is 1.05. The zero-order valence-corrected chi connectivity index (χ0v) is 8.75. The lowest BCUT2D eigenvalue weighted by Crippen LogP contribution is -2.26. The molecule has 0 bridgehead atoms. The van der Waals surface area contributed by atoms with Crippen LogP contribution in [0.5, 0.6) is 5.75 Å². The highest BCUT2D eigenvalue weighted by Crippen LogP contribution is 2.51. The molecule has 2 aliphatic heterocycles. The number of rotatable bonds is 2. The van der Waals surface area contributed by atoms with Gasteiger partial charge in [0.2, 0.25) is 0 Å². The summed E-state index contributed by atoms with van der Waals surface area (Å²) >= 11 is 0. The Hall–Kier alpha value is -1.62. The predicted octanol–water partition coefficient (Wildman–Crippen LogP) is 2.21. The third kappa shape index (κ3) is 1.28. The Balaban J connectivity index is 2.00. The van der Waals surface area contributed by atoms with Crippen LogP contribution >= 0.6 is 0 Å². The maximum Gasteiger partial charge on any atom is 0.270 e. The Kier molecular flexibility index (Phi) is 1.91. The minimum absolute atomic E-state index is 0.00593. The van der Waals surface area contributed by atoms with Gasteiger partial charge in [-0.3, -0.25) is 10.1 Å². The quantitative estimate of drug-likeness (QED) is 0.436. The van der Waals surface area contributed by atoms with Crippen LogP contribution in [0.3, 0.4) is 0 Å². The SMILES string of the molecule is CCC1Oc2ccc([N+](=O)[O-])cc2C2OC12. The number of nitro benzene ring substituents is 1. The van der Waals surface area contributed by atoms with E-state index < -0.39 is 4.92 Å². The van der Waals surface area contributed by atoms with Crippen molar-refractivity contribution >= 4 is 5.69 Å². The lowest BCUT2D eigenvalue weighted by molar-refractivity contribution is -0.385. The van der Waals surface area contributed by atoms with Crippen molar-refractivity contribution < 1.29 is 14.4 Å². The lowest BCUT2D eigenvalue weighted by Gasteiger charge is -2.21. The van der Waals surface area contributed by atoms with Gasteiger partial charge in [-0.25, -0.2) is 0 Å². The van der Waals surface area contributed by atoms with Gasteiger partial charge >= 0.3 is 0 Å². The van der Waals surface area contributed by atoms with E-state index in [1.807, 2.05) is 6.92 Å². The van der Waals surface area contributed by atoms with Gasteiger partial charge in [0, 0.05) is 17.7 Å². The molecule has 84 valence electrons. The first-order valence-corrected chi connectivity index (χ1v) is 5.31. The normalized spacial score (nSPS) is 29.9. The van der Waals surface area contributed by atoms with Gasteiger partial charge in [-0.05, 0) is 12.5 Å². The van der Waals surface area contributed by atoms with Crippen LogP contribution in [0.1, 0.15) is 25.0 Å². The number of hydrogen-bond donors (Lipinski definition) is 0. The van der Waals surface area contributed by atoms with Crippen molar-refractivity contribution in [3.8, 4) is 5.75 Å². The smallest absolute Gasteiger partial charge is 0.270 e. The molecule has 3 atom stereocenters. The molecule has 5 heteroatoms. The molecule has 0 saturated carbocycles. The first kappa shape index (κ1) is 9.59. The first-order valence-electron chi connectivity index (χ1n) is 5.31. The lowest BCUT2D eigenvalue weighted by atomic mass is 10.0. The van der Waals surface area contributed by atoms with Crippen LogP contribution < -0.4 is 4.74 Å². The van der Waals surface area contributed by atoms with E-state index in [1.165, 1.54) is 6.07 Å². The van der Waals surface area contributed by atoms with Crippen molar-refractivity contribution in [3.63, 3.8) is 0 Å². The molecule has 3 unspecified atom stereocenters. The maximum atomic E-state index is 10.7. The minimum atomic E-state index is -0.399. The molecule has 1 aromatic rings. The van der Waals surface area contributed by atoms with Crippen LogP contribution in [0.2, 0.25) is 0 Å². The molecule has 1 fully saturated rings. The summed E-state index contributed by atoms with van der Waals surface area (Å²) in [4.78, 5) is 10.3. The number of nitro groups is 1. The van der Waals surface area contributed by atoms with E-state index >= 15 is 0 Å². The van der Waals surface area contributed by atoms with E-state index in [0.717, 1.165) is 17.7 Å². The highest BCUT2D eigenvalue weighted by atomic mass is 16.6. The van der Waals surface area contributed by atoms with Gasteiger partial charge in [-0.2, -0.15) is 0 Å². The Morgan fingerprint density at radius 2 is 2.31 bits per heavy atom. The summed E-state index contributed by atoms with van der Waals surface area (Å²) in [5.41, 5.74) is 0.899. The standard InChI is InChI=1S/C11H11NO4/c1-2-8-11-10(16-11)7-5-6(12(13)14)3-4-9(7)15-8/h3-5,8,10-11H,2H2,1H3. The Labute approximate surface area is 92.1 Å². The Morgan fingerprint density at radius 3 is 3.00 bits per heavy atom. The zero-order chi connectivity index (χ0) is 11.3. The number of hydrogen-bond acceptors (Lipinski definition) is 4. The molecule has 0 N–H and O–H groups in total. The van der Waals surface area contributed by atoms with E-state index in [1.54, 1.807) is 12.1 Å². The van der Waals surface area contributed by atoms with Crippen molar-refractivity contribution in [2.75, 3.05) is 0 Å². The summed E-state index contributed by atoms with van der Waals surface area (Å²) in [7, 11) is 0. The summed E-state index contributed by atoms with van der Waals surface area (Å²) in [6, 6.07) is 4.67. The van der Waals surface area contributed by atoms with E-state index in [2.05, 4.69) is 0 Å². The molecule has 0 amide bonds. The Bertz CT molecular complexity index is 459. The number of nitrogens with zero attached hydrogens (tertiary/aromatic N) is 1. The van der Waals surface area contributed by atoms with Gasteiger partial charge in [0.15, 0.2) is 0 Å². The monoisotopic (exact) mass is 221 g/mol. The van der Waals surface area contributed by atoms with Gasteiger partial charge in [-0.1, -0.05) is 6.92 Å². The van der Waals surface area contributed by atoms with E-state index in [4.69, 9.17) is 9.47 Å². The molecular formula is C11H11NO4. The summed E-state index contributed by atoms with van der Waals surface area (Å²) < 4.78 is 11.2. The fraction of sp³-hybridized carbons (Fsp3) is 0.455. The largest absolute Gasteiger partial charge is 0.487 e. The average Bonchev–Trinajstić information content (AvgIpc) is 3.07. The number of benzene rings is 1. The van der Waals surface area contributed by atoms with E-state index in [-0.39, 0.29) is 24.0 Å². The van der Waals surface area contributed by atoms with Gasteiger partial charge < -0.3 is 9.47 Å². The van der Waals surface area contributed by atoms with Crippen LogP contribution in [0, 0.1) is 10.1 Å². The second-order valence-corrected chi connectivity index (χ2v) is 4.07. The van der Waals surface area contributed by atoms with Crippen molar-refractivity contribution in [2.24, 2.45) is 0 Å². The van der Waals surface area contributed by atoms with Crippen molar-refractivity contribution in [3.05, 3.63) is 33.9 Å². The van der Waals surface area contributed by atoms with Gasteiger partial charge in [0.25, 0.3) is 5.69 Å². The third-order valence-corrected chi connectivity index (χ3v) is 3.08. The number of ether oxygens (including phenoxy) is 2. The number of epoxide rings is 1. The molecule has 5 nitrogen and oxygen atoms in total. The predicted molar refractivity (Wildman–Crippen MR) is 55.4 cm³/mol. The van der Waals surface area contributed by atoms with Crippen molar-refractivity contribution in [2.45, 2.75) is 31.7 Å². The second-order valence-electron chi connectivity index (χ2n) is 4.07. The number of non-ortho nitro benzene ring substituents is 1. The highest BCUT2D eigenvalue weighted by molar-refractivity contribution is 5.48. The molecule has 2 aliphatic rings. The molecule has 0 aromatic heterocycles. The average molecular weight is 221 g/mol. The van der Waals surface area contributed by atoms with E-state index in [0.29, 0.717) is 0 Å². The van der Waals surface area contributed by atoms with Gasteiger partial charge in [0.05, 0.1) is 4.92 Å². The van der Waals surface area contributed by atoms with Crippen LogP contribution in [-0.4, -0.2) is 17.1 Å². The summed E-state index contributed by atoms with van der Waals surface area (Å²) in [6.45, 7) is 2.04. The van der Waals surface area contributed by atoms with Crippen molar-refractivity contribution in [1.82, 2.24) is 0 Å². The van der Waals surface area contributed by atoms with Crippen LogP contribution in [-0.2, 0) is 4.74 Å². The molecular weight excluding hydrogens is 210 g/mol. The van der Waals surface area contributed by atoms with Crippen LogP contribution in [0.25, 0.3) is 0 Å². The molecule has 1 aromatic carbocycles. The topological polar surface area (TPSA) is 64.9 Å². The van der Waals surface area contributed by atoms with E-state index in [9.17, 15) is 10.1 Å². The number of fused-ring (bicyclic) bond motifs is 3. The second kappa shape index (κ2) is 3.18. The molecule has 16 heavy (non-hydrogen) atoms. The van der Waals surface area contributed by atoms with Gasteiger partial charge in [-0.15, -0.1) is 0 Å². The molecule has 2 heterocycles. The van der Waals surface area contributed by atoms with Gasteiger partial charge in [0.1, 0.15) is 24.1 Å². The first-order chi connectivity index (χ1) is 7.70. The summed E-state index contributed by atoms with van der Waals surface area (Å²) in [5, 5.41) is 10.7. The minimum Gasteiger partial charge on any atom is -0.487 e. The van der Waals surface area contributed by atoms with Crippen molar-refractivity contribution in [1.29, 1.82) is 0 Å². The van der Waals surface area contributed by atoms with Crippen LogP contribution in [0.15, 0.2) is 18.2 Å². The maximum absolute atomic E-state index is 10.7. The molecule has 0 radical (unpaired) electrons. The molecule has 0 spiro atoms. The Morgan fingerprint density at radius 1 is 1.50 bits per heavy atom. The molecule has 3 rings (SSSR count). The van der Waals surface area contributed by atoms with Crippen LogP contribution in [0.4, 0.5) is 5.69 Å². The molecule has 0 aliphatic carbocycles.